The van der Waals surface area contributed by atoms with Gasteiger partial charge in [-0.05, 0) is 60.4 Å². The van der Waals surface area contributed by atoms with Crippen LogP contribution in [0.3, 0.4) is 0 Å². The normalized spacial score (nSPS) is 23.9. The molecule has 16 heteroatoms. The van der Waals surface area contributed by atoms with Crippen LogP contribution in [-0.4, -0.2) is 94.7 Å². The monoisotopic (exact) mass is 820 g/mol. The first-order chi connectivity index (χ1) is 23.6. The van der Waals surface area contributed by atoms with Crippen molar-refractivity contribution in [1.29, 1.82) is 0 Å². The Morgan fingerprint density at radius 3 is 2.40 bits per heavy atom. The fourth-order valence-corrected chi connectivity index (χ4v) is 8.58. The Bertz CT molecular complexity index is 1900. The minimum absolute atomic E-state index is 0.0587. The number of ether oxygens (including phenoxy) is 3. The number of aromatic nitrogens is 2. The first-order valence-corrected chi connectivity index (χ1v) is 19.1. The van der Waals surface area contributed by atoms with Crippen LogP contribution >= 0.6 is 22.6 Å². The molecule has 1 aliphatic heterocycles. The number of halogens is 1. The lowest BCUT2D eigenvalue weighted by molar-refractivity contribution is -0.141. The molecular formula is C34H41IN6O8S. The number of carbonyl (C=O) groups is 3. The molecule has 2 aliphatic carbocycles. The van der Waals surface area contributed by atoms with Crippen LogP contribution in [0.4, 0.5) is 5.69 Å². The molecule has 2 saturated carbocycles. The van der Waals surface area contributed by atoms with Crippen LogP contribution in [0.15, 0.2) is 48.8 Å². The van der Waals surface area contributed by atoms with Crippen LogP contribution in [0.25, 0.3) is 10.8 Å². The third kappa shape index (κ3) is 7.41. The largest absolute Gasteiger partial charge is 0.497 e. The molecule has 3 fully saturated rings. The van der Waals surface area contributed by atoms with Gasteiger partial charge >= 0.3 is 0 Å². The summed E-state index contributed by atoms with van der Waals surface area (Å²) in [6, 6.07) is 8.95. The van der Waals surface area contributed by atoms with Crippen molar-refractivity contribution < 1.29 is 37.0 Å². The van der Waals surface area contributed by atoms with Gasteiger partial charge in [-0.2, -0.15) is 0 Å². The van der Waals surface area contributed by atoms with Gasteiger partial charge < -0.3 is 29.7 Å². The highest BCUT2D eigenvalue weighted by Gasteiger charge is 2.62. The van der Waals surface area contributed by atoms with Crippen molar-refractivity contribution >= 4 is 66.8 Å². The van der Waals surface area contributed by atoms with Crippen LogP contribution in [0.1, 0.15) is 46.5 Å². The second-order valence-corrected chi connectivity index (χ2v) is 17.5. The van der Waals surface area contributed by atoms with E-state index in [0.29, 0.717) is 36.0 Å². The van der Waals surface area contributed by atoms with E-state index in [9.17, 15) is 22.8 Å². The average molecular weight is 821 g/mol. The number of rotatable bonds is 12. The minimum Gasteiger partial charge on any atom is -0.497 e. The maximum atomic E-state index is 14.6. The summed E-state index contributed by atoms with van der Waals surface area (Å²) in [6.45, 7) is 5.80. The molecule has 3 amide bonds. The molecule has 6 rings (SSSR count). The van der Waals surface area contributed by atoms with Crippen molar-refractivity contribution in [3.8, 4) is 17.5 Å². The number of hydrogen-bond acceptors (Lipinski definition) is 11. The van der Waals surface area contributed by atoms with Gasteiger partial charge in [-0.25, -0.2) is 18.4 Å². The number of sulfonamides is 1. The number of nitrogens with zero attached hydrogens (tertiary/aromatic N) is 3. The Balaban J connectivity index is 1.28. The number of pyridine rings is 2. The number of benzene rings is 1. The smallest absolute Gasteiger partial charge is 0.260 e. The highest BCUT2D eigenvalue weighted by atomic mass is 127. The van der Waals surface area contributed by atoms with Crippen LogP contribution in [0.5, 0.6) is 17.5 Å². The number of alkyl halides is 1. The zero-order valence-corrected chi connectivity index (χ0v) is 31.4. The predicted octanol–water partition coefficient (Wildman–Crippen LogP) is 3.19. The van der Waals surface area contributed by atoms with E-state index in [-0.39, 0.29) is 29.2 Å². The maximum Gasteiger partial charge on any atom is 0.260 e. The number of amides is 3. The fourth-order valence-electron chi connectivity index (χ4n) is 6.08. The molecule has 1 unspecified atom stereocenters. The molecule has 3 N–H and O–H groups in total. The van der Waals surface area contributed by atoms with Crippen molar-refractivity contribution in [3.63, 3.8) is 0 Å². The van der Waals surface area contributed by atoms with Gasteiger partial charge in [0.05, 0.1) is 37.9 Å². The average Bonchev–Trinajstić information content (AvgIpc) is 4.00. The summed E-state index contributed by atoms with van der Waals surface area (Å²) in [7, 11) is -0.735. The number of anilines is 1. The summed E-state index contributed by atoms with van der Waals surface area (Å²) >= 11 is 2.04. The molecule has 3 aliphatic rings. The van der Waals surface area contributed by atoms with Crippen molar-refractivity contribution in [3.05, 3.63) is 48.8 Å². The molecule has 0 spiro atoms. The minimum atomic E-state index is -3.83. The molecule has 3 heterocycles. The van der Waals surface area contributed by atoms with Crippen molar-refractivity contribution in [2.45, 2.75) is 79.4 Å². The molecule has 1 saturated heterocycles. The lowest BCUT2D eigenvalue weighted by Crippen LogP contribution is -2.58. The fraction of sp³-hybridized carbons (Fsp3) is 0.500. The maximum absolute atomic E-state index is 14.6. The molecule has 0 radical (unpaired) electrons. The molecule has 1 aromatic carbocycles. The van der Waals surface area contributed by atoms with Crippen LogP contribution in [0, 0.1) is 5.41 Å². The molecule has 0 bridgehead atoms. The summed E-state index contributed by atoms with van der Waals surface area (Å²) in [5.41, 5.74) is -1.45. The number of fused-ring (bicyclic) bond motifs is 1. The molecule has 2 aromatic heterocycles. The summed E-state index contributed by atoms with van der Waals surface area (Å²) in [5, 5.41) is 7.12. The molecule has 5 atom stereocenters. The van der Waals surface area contributed by atoms with Gasteiger partial charge in [-0.3, -0.25) is 19.1 Å². The SMILES string of the molecule is COc1ccc2c(O[C@@H]3C[C@@H](C(=O)N[C@]4(C(=O)NS(=O)(=O)C5CC5)C[C@H]4I)N(C(=O)C(Nc4ccc(OC)nc4)C(C)(C)C)C3)nccc2c1. The molecule has 50 heavy (non-hydrogen) atoms. The Labute approximate surface area is 304 Å². The van der Waals surface area contributed by atoms with E-state index in [1.807, 2.05) is 61.6 Å². The third-order valence-electron chi connectivity index (χ3n) is 9.26. The van der Waals surface area contributed by atoms with Gasteiger partial charge in [0.15, 0.2) is 0 Å². The Hall–Kier alpha value is -3.93. The first kappa shape index (κ1) is 35.9. The number of carbonyl (C=O) groups excluding carboxylic acids is 3. The van der Waals surface area contributed by atoms with Crippen molar-refractivity contribution in [2.24, 2.45) is 5.41 Å². The standard InChI is InChI=1S/C34H41IN6O8S/c1-33(2,3)28(38-20-6-11-27(48-5)37-17-20)31(43)41-18-22(49-30-24-10-7-21(47-4)14-19(24)12-13-36-30)15-25(41)29(42)39-34(16-26(34)35)32(44)40-50(45,46)23-8-9-23/h6-7,10-14,17,22-23,25-26,28,38H,8-9,15-16,18H2,1-5H3,(H,39,42)(H,40,44)/t22-,25+,26-,28?,34-/m1/s1. The second kappa shape index (κ2) is 13.7. The number of nitrogens with one attached hydrogen (secondary N) is 3. The molecule has 14 nitrogen and oxygen atoms in total. The number of likely N-dealkylation sites (tertiary alicyclic amines) is 1. The van der Waals surface area contributed by atoms with Crippen LogP contribution < -0.4 is 29.6 Å². The highest BCUT2D eigenvalue weighted by molar-refractivity contribution is 14.1. The van der Waals surface area contributed by atoms with Gasteiger partial charge in [0.1, 0.15) is 29.5 Å². The van der Waals surface area contributed by atoms with Gasteiger partial charge in [0.25, 0.3) is 5.91 Å². The van der Waals surface area contributed by atoms with E-state index in [1.54, 1.807) is 37.7 Å². The molecule has 268 valence electrons. The second-order valence-electron chi connectivity index (χ2n) is 14.0. The third-order valence-corrected chi connectivity index (χ3v) is 12.6. The van der Waals surface area contributed by atoms with Gasteiger partial charge in [-0.1, -0.05) is 43.4 Å². The lowest BCUT2D eigenvalue weighted by atomic mass is 9.85. The van der Waals surface area contributed by atoms with E-state index in [0.717, 1.165) is 10.8 Å². The topological polar surface area (TPSA) is 178 Å². The van der Waals surface area contributed by atoms with E-state index >= 15 is 0 Å². The van der Waals surface area contributed by atoms with Gasteiger partial charge in [0, 0.05) is 28.0 Å². The Morgan fingerprint density at radius 1 is 1.06 bits per heavy atom. The zero-order chi connectivity index (χ0) is 36.0. The quantitative estimate of drug-likeness (QED) is 0.181. The summed E-state index contributed by atoms with van der Waals surface area (Å²) in [5.74, 6) is -0.258. The predicted molar refractivity (Wildman–Crippen MR) is 194 cm³/mol. The van der Waals surface area contributed by atoms with Gasteiger partial charge in [-0.15, -0.1) is 0 Å². The Morgan fingerprint density at radius 2 is 1.80 bits per heavy atom. The highest BCUT2D eigenvalue weighted by Crippen LogP contribution is 2.44. The van der Waals surface area contributed by atoms with Crippen molar-refractivity contribution in [2.75, 3.05) is 26.1 Å². The van der Waals surface area contributed by atoms with E-state index in [4.69, 9.17) is 14.2 Å². The Kier molecular flexibility index (Phi) is 9.80. The van der Waals surface area contributed by atoms with E-state index in [1.165, 1.54) is 12.0 Å². The van der Waals surface area contributed by atoms with E-state index < -0.39 is 56.2 Å². The number of methoxy groups -OCH3 is 2. The van der Waals surface area contributed by atoms with Crippen LogP contribution in [0.2, 0.25) is 0 Å². The summed E-state index contributed by atoms with van der Waals surface area (Å²) in [4.78, 5) is 52.3. The summed E-state index contributed by atoms with van der Waals surface area (Å²) < 4.78 is 44.0. The lowest BCUT2D eigenvalue weighted by Gasteiger charge is -2.36. The van der Waals surface area contributed by atoms with Crippen molar-refractivity contribution in [1.82, 2.24) is 24.9 Å². The zero-order valence-electron chi connectivity index (χ0n) is 28.4. The van der Waals surface area contributed by atoms with E-state index in [2.05, 4.69) is 25.3 Å². The molecular weight excluding hydrogens is 779 g/mol. The van der Waals surface area contributed by atoms with Gasteiger partial charge in [0.2, 0.25) is 33.6 Å². The van der Waals surface area contributed by atoms with Crippen LogP contribution in [-0.2, 0) is 24.4 Å². The summed E-state index contributed by atoms with van der Waals surface area (Å²) in [6.07, 6.45) is 3.90. The molecule has 3 aromatic rings. The number of hydrogen-bond donors (Lipinski definition) is 3. The first-order valence-electron chi connectivity index (χ1n) is 16.3.